The van der Waals surface area contributed by atoms with Crippen LogP contribution in [-0.4, -0.2) is 25.2 Å². The number of ether oxygens (including phenoxy) is 2. The smallest absolute Gasteiger partial charge is 0.137 e. The van der Waals surface area contributed by atoms with Crippen LogP contribution >= 0.6 is 11.6 Å². The van der Waals surface area contributed by atoms with Crippen molar-refractivity contribution in [2.45, 2.75) is 18.9 Å². The Kier molecular flexibility index (Phi) is 4.86. The first-order valence-corrected chi connectivity index (χ1v) is 6.42. The number of benzene rings is 1. The molecule has 1 aliphatic heterocycles. The van der Waals surface area contributed by atoms with Crippen molar-refractivity contribution in [3.63, 3.8) is 0 Å². The summed E-state index contributed by atoms with van der Waals surface area (Å²) in [6, 6.07) is 4.30. The molecule has 1 aliphatic rings. The molecule has 0 N–H and O–H groups in total. The van der Waals surface area contributed by atoms with Gasteiger partial charge in [0.05, 0.1) is 17.5 Å². The van der Waals surface area contributed by atoms with E-state index in [1.54, 1.807) is 6.07 Å². The SMILES string of the molecule is Fc1ccc(C#CCCl)c(OCC2CCCO2)c1. The first-order chi connectivity index (χ1) is 8.79. The van der Waals surface area contributed by atoms with Gasteiger partial charge in [0.2, 0.25) is 0 Å². The summed E-state index contributed by atoms with van der Waals surface area (Å²) in [5.41, 5.74) is 0.648. The summed E-state index contributed by atoms with van der Waals surface area (Å²) in [4.78, 5) is 0. The Bertz CT molecular complexity index is 459. The molecule has 0 aromatic heterocycles. The molecule has 1 unspecified atom stereocenters. The third kappa shape index (κ3) is 3.63. The minimum absolute atomic E-state index is 0.0992. The van der Waals surface area contributed by atoms with Crippen LogP contribution in [0.1, 0.15) is 18.4 Å². The summed E-state index contributed by atoms with van der Waals surface area (Å²) in [7, 11) is 0. The van der Waals surface area contributed by atoms with Gasteiger partial charge in [0, 0.05) is 12.7 Å². The Morgan fingerprint density at radius 3 is 3.11 bits per heavy atom. The molecule has 2 nitrogen and oxygen atoms in total. The van der Waals surface area contributed by atoms with Crippen molar-refractivity contribution in [1.82, 2.24) is 0 Å². The summed E-state index contributed by atoms with van der Waals surface area (Å²) in [5, 5.41) is 0. The van der Waals surface area contributed by atoms with Crippen molar-refractivity contribution < 1.29 is 13.9 Å². The van der Waals surface area contributed by atoms with Gasteiger partial charge in [-0.3, -0.25) is 0 Å². The third-order valence-electron chi connectivity index (χ3n) is 2.68. The average Bonchev–Trinajstić information content (AvgIpc) is 2.88. The Labute approximate surface area is 111 Å². The van der Waals surface area contributed by atoms with Gasteiger partial charge in [0.1, 0.15) is 18.2 Å². The molecule has 1 heterocycles. The van der Waals surface area contributed by atoms with Gasteiger partial charge < -0.3 is 9.47 Å². The molecular formula is C14H14ClFO2. The summed E-state index contributed by atoms with van der Waals surface area (Å²) < 4.78 is 24.2. The van der Waals surface area contributed by atoms with Crippen molar-refractivity contribution in [3.05, 3.63) is 29.6 Å². The summed E-state index contributed by atoms with van der Waals surface area (Å²) in [5.74, 6) is 5.93. The highest BCUT2D eigenvalue weighted by Crippen LogP contribution is 2.21. The van der Waals surface area contributed by atoms with Crippen LogP contribution in [0.4, 0.5) is 4.39 Å². The molecule has 0 amide bonds. The van der Waals surface area contributed by atoms with Crippen LogP contribution in [0.2, 0.25) is 0 Å². The predicted octanol–water partition coefficient (Wildman–Crippen LogP) is 2.97. The van der Waals surface area contributed by atoms with E-state index in [0.717, 1.165) is 19.4 Å². The van der Waals surface area contributed by atoms with Crippen LogP contribution in [0.5, 0.6) is 5.75 Å². The lowest BCUT2D eigenvalue weighted by atomic mass is 10.2. The minimum atomic E-state index is -0.339. The molecule has 0 bridgehead atoms. The van der Waals surface area contributed by atoms with E-state index in [0.29, 0.717) is 17.9 Å². The molecule has 1 fully saturated rings. The molecule has 18 heavy (non-hydrogen) atoms. The van der Waals surface area contributed by atoms with E-state index in [9.17, 15) is 4.39 Å². The molecule has 1 atom stereocenters. The number of alkyl halides is 1. The largest absolute Gasteiger partial charge is 0.489 e. The Morgan fingerprint density at radius 1 is 1.50 bits per heavy atom. The van der Waals surface area contributed by atoms with Gasteiger partial charge >= 0.3 is 0 Å². The van der Waals surface area contributed by atoms with Gasteiger partial charge in [0.15, 0.2) is 0 Å². The molecule has 1 aromatic rings. The molecule has 1 saturated heterocycles. The van der Waals surface area contributed by atoms with Crippen molar-refractivity contribution in [3.8, 4) is 17.6 Å². The van der Waals surface area contributed by atoms with Crippen molar-refractivity contribution in [1.29, 1.82) is 0 Å². The van der Waals surface area contributed by atoms with Crippen LogP contribution in [0, 0.1) is 17.7 Å². The molecule has 4 heteroatoms. The number of rotatable bonds is 3. The fourth-order valence-corrected chi connectivity index (χ4v) is 1.87. The Balaban J connectivity index is 2.06. The third-order valence-corrected chi connectivity index (χ3v) is 2.82. The fourth-order valence-electron chi connectivity index (χ4n) is 1.81. The molecule has 1 aromatic carbocycles. The average molecular weight is 269 g/mol. The van der Waals surface area contributed by atoms with Gasteiger partial charge in [-0.25, -0.2) is 4.39 Å². The standard InChI is InChI=1S/C14H14ClFO2/c15-7-1-3-11-5-6-12(16)9-14(11)18-10-13-4-2-8-17-13/h5-6,9,13H,2,4,7-8,10H2. The molecule has 96 valence electrons. The number of hydrogen-bond donors (Lipinski definition) is 0. The van der Waals surface area contributed by atoms with Crippen LogP contribution in [0.25, 0.3) is 0 Å². The van der Waals surface area contributed by atoms with Gasteiger partial charge in [-0.2, -0.15) is 0 Å². The number of hydrogen-bond acceptors (Lipinski definition) is 2. The zero-order valence-electron chi connectivity index (χ0n) is 9.92. The quantitative estimate of drug-likeness (QED) is 0.620. The second kappa shape index (κ2) is 6.63. The Morgan fingerprint density at radius 2 is 2.39 bits per heavy atom. The minimum Gasteiger partial charge on any atom is -0.489 e. The lowest BCUT2D eigenvalue weighted by Gasteiger charge is -2.12. The molecule has 2 rings (SSSR count). The van der Waals surface area contributed by atoms with Crippen LogP contribution < -0.4 is 4.74 Å². The molecular weight excluding hydrogens is 255 g/mol. The topological polar surface area (TPSA) is 18.5 Å². The van der Waals surface area contributed by atoms with E-state index in [-0.39, 0.29) is 17.8 Å². The second-order valence-electron chi connectivity index (χ2n) is 4.02. The van der Waals surface area contributed by atoms with Gasteiger partial charge in [-0.15, -0.1) is 11.6 Å². The molecule has 0 saturated carbocycles. The van der Waals surface area contributed by atoms with E-state index >= 15 is 0 Å². The van der Waals surface area contributed by atoms with Gasteiger partial charge in [0.25, 0.3) is 0 Å². The van der Waals surface area contributed by atoms with E-state index in [4.69, 9.17) is 21.1 Å². The lowest BCUT2D eigenvalue weighted by Crippen LogP contribution is -2.16. The normalized spacial score (nSPS) is 18.2. The lowest BCUT2D eigenvalue weighted by molar-refractivity contribution is 0.0677. The summed E-state index contributed by atoms with van der Waals surface area (Å²) >= 11 is 5.51. The van der Waals surface area contributed by atoms with E-state index in [1.165, 1.54) is 12.1 Å². The monoisotopic (exact) mass is 268 g/mol. The predicted molar refractivity (Wildman–Crippen MR) is 68.5 cm³/mol. The van der Waals surface area contributed by atoms with E-state index < -0.39 is 0 Å². The molecule has 0 radical (unpaired) electrons. The zero-order valence-corrected chi connectivity index (χ0v) is 10.7. The van der Waals surface area contributed by atoms with Crippen molar-refractivity contribution in [2.24, 2.45) is 0 Å². The van der Waals surface area contributed by atoms with Crippen LogP contribution in [0.15, 0.2) is 18.2 Å². The van der Waals surface area contributed by atoms with E-state index in [2.05, 4.69) is 11.8 Å². The summed E-state index contributed by atoms with van der Waals surface area (Å²) in [6.45, 7) is 1.20. The van der Waals surface area contributed by atoms with E-state index in [1.807, 2.05) is 0 Å². The highest BCUT2D eigenvalue weighted by molar-refractivity contribution is 6.19. The van der Waals surface area contributed by atoms with Crippen LogP contribution in [-0.2, 0) is 4.74 Å². The van der Waals surface area contributed by atoms with Gasteiger partial charge in [-0.1, -0.05) is 11.8 Å². The van der Waals surface area contributed by atoms with Gasteiger partial charge in [-0.05, 0) is 25.0 Å². The van der Waals surface area contributed by atoms with Crippen LogP contribution in [0.3, 0.4) is 0 Å². The number of halogens is 2. The first-order valence-electron chi connectivity index (χ1n) is 5.88. The highest BCUT2D eigenvalue weighted by Gasteiger charge is 2.16. The maximum Gasteiger partial charge on any atom is 0.137 e. The fraction of sp³-hybridized carbons (Fsp3) is 0.429. The maximum atomic E-state index is 13.2. The maximum absolute atomic E-state index is 13.2. The molecule has 0 aliphatic carbocycles. The Hall–Kier alpha value is -1.24. The zero-order chi connectivity index (χ0) is 12.8. The first kappa shape index (κ1) is 13.2. The summed E-state index contributed by atoms with van der Waals surface area (Å²) in [6.07, 6.45) is 2.13. The highest BCUT2D eigenvalue weighted by atomic mass is 35.5. The van der Waals surface area contributed by atoms with Crippen molar-refractivity contribution >= 4 is 11.6 Å². The second-order valence-corrected chi connectivity index (χ2v) is 4.29. The van der Waals surface area contributed by atoms with Crippen molar-refractivity contribution in [2.75, 3.05) is 19.1 Å². The molecule has 0 spiro atoms.